The molecule has 2 heterocycles. The van der Waals surface area contributed by atoms with Crippen LogP contribution in [0.25, 0.3) is 17.1 Å². The first kappa shape index (κ1) is 31.3. The van der Waals surface area contributed by atoms with Gasteiger partial charge in [-0.25, -0.2) is 9.13 Å². The van der Waals surface area contributed by atoms with E-state index in [4.69, 9.17) is 51.1 Å². The topological polar surface area (TPSA) is 21.3 Å². The highest BCUT2D eigenvalue weighted by Gasteiger charge is 2.26. The third-order valence-electron chi connectivity index (χ3n) is 7.44. The number of hydrogen-bond donors (Lipinski definition) is 0. The summed E-state index contributed by atoms with van der Waals surface area (Å²) in [7, 11) is 2.00. The van der Waals surface area contributed by atoms with Gasteiger partial charge in [-0.05, 0) is 46.5 Å². The van der Waals surface area contributed by atoms with Crippen molar-refractivity contribution in [3.8, 4) is 5.75 Å². The molecule has 0 amide bonds. The molecule has 0 spiro atoms. The fourth-order valence-electron chi connectivity index (χ4n) is 5.18. The van der Waals surface area contributed by atoms with Gasteiger partial charge in [0.1, 0.15) is 13.1 Å². The Morgan fingerprint density at radius 1 is 0.791 bits per heavy atom. The second-order valence-electron chi connectivity index (χ2n) is 10.2. The van der Waals surface area contributed by atoms with Crippen LogP contribution < -0.4 is 26.6 Å². The van der Waals surface area contributed by atoms with E-state index in [1.165, 1.54) is 0 Å². The van der Waals surface area contributed by atoms with E-state index in [2.05, 4.69) is 63.7 Å². The molecule has 0 unspecified atom stereocenters. The Morgan fingerprint density at radius 2 is 1.40 bits per heavy atom. The molecule has 4 nitrogen and oxygen atoms in total. The van der Waals surface area contributed by atoms with Crippen LogP contribution in [0.5, 0.6) is 5.75 Å². The molecule has 0 radical (unpaired) electrons. The standard InChI is InChI=1S/C34H28Cl4N3O.ClH/c1-39-29-5-2-3-6-32(29)42-34(39)8-4-7-33-40(21-25-13-9-23(19-35)10-14-25)30-17-27(37)28(38)18-31(30)41(33)22-26-15-11-24(20-36)12-16-26;/h2-18H,19-22H2,1H3;1H/q+1;/p-1. The van der Waals surface area contributed by atoms with Crippen molar-refractivity contribution in [1.82, 2.24) is 4.57 Å². The number of hydrogen-bond acceptors (Lipinski definition) is 2. The van der Waals surface area contributed by atoms with E-state index >= 15 is 0 Å². The number of alkyl halides is 2. The number of rotatable bonds is 8. The Labute approximate surface area is 277 Å². The normalized spacial score (nSPS) is 13.5. The number of aromatic nitrogens is 2. The second kappa shape index (κ2) is 13.7. The highest BCUT2D eigenvalue weighted by molar-refractivity contribution is 6.42. The van der Waals surface area contributed by atoms with Gasteiger partial charge in [-0.15, -0.1) is 23.2 Å². The van der Waals surface area contributed by atoms with Crippen molar-refractivity contribution in [1.29, 1.82) is 0 Å². The smallest absolute Gasteiger partial charge is 0.282 e. The maximum atomic E-state index is 6.58. The van der Waals surface area contributed by atoms with Crippen molar-refractivity contribution in [3.63, 3.8) is 0 Å². The molecular formula is C34H28Cl5N3O. The summed E-state index contributed by atoms with van der Waals surface area (Å²) in [5, 5.41) is 1.02. The molecule has 0 saturated carbocycles. The number of allylic oxidation sites excluding steroid dienone is 2. The number of imidazole rings is 1. The third-order valence-corrected chi connectivity index (χ3v) is 8.78. The van der Waals surface area contributed by atoms with Gasteiger partial charge in [0.25, 0.3) is 5.82 Å². The van der Waals surface area contributed by atoms with Gasteiger partial charge >= 0.3 is 0 Å². The molecule has 43 heavy (non-hydrogen) atoms. The van der Waals surface area contributed by atoms with E-state index < -0.39 is 0 Å². The van der Waals surface area contributed by atoms with Crippen molar-refractivity contribution in [2.24, 2.45) is 0 Å². The van der Waals surface area contributed by atoms with Gasteiger partial charge in [-0.1, -0.05) is 83.9 Å². The summed E-state index contributed by atoms with van der Waals surface area (Å²) in [6.07, 6.45) is 6.11. The molecule has 1 aromatic heterocycles. The third kappa shape index (κ3) is 6.55. The van der Waals surface area contributed by atoms with E-state index in [0.29, 0.717) is 34.9 Å². The summed E-state index contributed by atoms with van der Waals surface area (Å²) >= 11 is 25.3. The summed E-state index contributed by atoms with van der Waals surface area (Å²) in [6, 6.07) is 28.6. The number of anilines is 1. The van der Waals surface area contributed by atoms with Crippen LogP contribution in [0, 0.1) is 0 Å². The number of benzene rings is 4. The predicted octanol–water partition coefficient (Wildman–Crippen LogP) is 6.20. The average molecular weight is 672 g/mol. The zero-order valence-corrected chi connectivity index (χ0v) is 27.1. The molecule has 5 aromatic rings. The molecule has 220 valence electrons. The lowest BCUT2D eigenvalue weighted by Crippen LogP contribution is -3.00. The van der Waals surface area contributed by atoms with E-state index in [9.17, 15) is 0 Å². The molecule has 9 heteroatoms. The maximum absolute atomic E-state index is 6.58. The van der Waals surface area contributed by atoms with E-state index in [1.54, 1.807) is 0 Å². The highest BCUT2D eigenvalue weighted by atomic mass is 35.5. The van der Waals surface area contributed by atoms with Gasteiger partial charge in [0.05, 0.1) is 15.7 Å². The Hall–Kier alpha value is -3.12. The lowest BCUT2D eigenvalue weighted by atomic mass is 10.1. The molecule has 0 saturated heterocycles. The lowest BCUT2D eigenvalue weighted by molar-refractivity contribution is -0.665. The minimum atomic E-state index is 0. The van der Waals surface area contributed by atoms with Gasteiger partial charge in [0, 0.05) is 37.0 Å². The summed E-state index contributed by atoms with van der Waals surface area (Å²) in [5.74, 6) is 3.54. The van der Waals surface area contributed by atoms with Crippen LogP contribution in [0.2, 0.25) is 10.0 Å². The van der Waals surface area contributed by atoms with Gasteiger partial charge in [-0.2, -0.15) is 0 Å². The SMILES string of the molecule is CN1/C(=C/C=C/c2n(Cc3ccc(CCl)cc3)c3cc(Cl)c(Cl)cc3[n+]2Cc2ccc(CCl)cc2)Oc2ccccc21.[Cl-]. The van der Waals surface area contributed by atoms with Crippen molar-refractivity contribution in [2.75, 3.05) is 11.9 Å². The Balaban J connectivity index is 0.00000368. The minimum Gasteiger partial charge on any atom is -1.00 e. The quantitative estimate of drug-likeness (QED) is 0.145. The molecule has 1 aliphatic heterocycles. The van der Waals surface area contributed by atoms with Crippen LogP contribution in [0.1, 0.15) is 28.1 Å². The Bertz CT molecular complexity index is 1720. The molecule has 1 aliphatic rings. The van der Waals surface area contributed by atoms with Gasteiger partial charge in [-0.3, -0.25) is 0 Å². The van der Waals surface area contributed by atoms with Crippen molar-refractivity contribution in [2.45, 2.75) is 24.8 Å². The monoisotopic (exact) mass is 669 g/mol. The second-order valence-corrected chi connectivity index (χ2v) is 11.5. The van der Waals surface area contributed by atoms with Crippen molar-refractivity contribution in [3.05, 3.63) is 141 Å². The molecule has 0 fully saturated rings. The molecule has 0 bridgehead atoms. The fourth-order valence-corrected chi connectivity index (χ4v) is 5.85. The zero-order valence-electron chi connectivity index (χ0n) is 23.3. The first-order valence-electron chi connectivity index (χ1n) is 13.5. The van der Waals surface area contributed by atoms with Crippen LogP contribution in [0.4, 0.5) is 5.69 Å². The van der Waals surface area contributed by atoms with Gasteiger partial charge in [0.15, 0.2) is 22.7 Å². The first-order chi connectivity index (χ1) is 20.4. The molecule has 6 rings (SSSR count). The lowest BCUT2D eigenvalue weighted by Gasteiger charge is -2.09. The molecule has 4 aromatic carbocycles. The average Bonchev–Trinajstić information content (AvgIpc) is 3.47. The van der Waals surface area contributed by atoms with E-state index in [0.717, 1.165) is 56.4 Å². The largest absolute Gasteiger partial charge is 1.00 e. The van der Waals surface area contributed by atoms with Gasteiger partial charge in [0.2, 0.25) is 0 Å². The molecule has 0 aliphatic carbocycles. The maximum Gasteiger partial charge on any atom is 0.282 e. The Morgan fingerprint density at radius 3 is 2.05 bits per heavy atom. The van der Waals surface area contributed by atoms with Gasteiger partial charge < -0.3 is 22.0 Å². The zero-order chi connectivity index (χ0) is 29.2. The predicted molar refractivity (Wildman–Crippen MR) is 175 cm³/mol. The van der Waals surface area contributed by atoms with Crippen molar-refractivity contribution >= 4 is 69.2 Å². The summed E-state index contributed by atoms with van der Waals surface area (Å²) in [5.41, 5.74) is 7.45. The number of para-hydroxylation sites is 2. The minimum absolute atomic E-state index is 0. The molecular weight excluding hydrogens is 644 g/mol. The summed E-state index contributed by atoms with van der Waals surface area (Å²) in [4.78, 5) is 2.04. The van der Waals surface area contributed by atoms with Crippen molar-refractivity contribution < 1.29 is 21.7 Å². The summed E-state index contributed by atoms with van der Waals surface area (Å²) in [6.45, 7) is 1.26. The number of ether oxygens (including phenoxy) is 1. The number of nitrogens with zero attached hydrogens (tertiary/aromatic N) is 3. The molecule has 0 N–H and O–H groups in total. The summed E-state index contributed by atoms with van der Waals surface area (Å²) < 4.78 is 10.6. The van der Waals surface area contributed by atoms with E-state index in [1.807, 2.05) is 60.5 Å². The molecule has 0 atom stereocenters. The Kier molecular flexibility index (Phi) is 9.95. The fraction of sp³-hybridized carbons (Fsp3) is 0.147. The van der Waals surface area contributed by atoms with E-state index in [-0.39, 0.29) is 12.4 Å². The van der Waals surface area contributed by atoms with Crippen LogP contribution in [-0.4, -0.2) is 11.6 Å². The van der Waals surface area contributed by atoms with Crippen LogP contribution in [0.15, 0.2) is 103 Å². The number of fused-ring (bicyclic) bond motifs is 2. The number of halogens is 5. The highest BCUT2D eigenvalue weighted by Crippen LogP contribution is 2.37. The first-order valence-corrected chi connectivity index (χ1v) is 15.4. The van der Waals surface area contributed by atoms with Crippen LogP contribution >= 0.6 is 46.4 Å². The van der Waals surface area contributed by atoms with Crippen LogP contribution in [0.3, 0.4) is 0 Å². The van der Waals surface area contributed by atoms with Crippen LogP contribution in [-0.2, 0) is 24.8 Å².